The summed E-state index contributed by atoms with van der Waals surface area (Å²) >= 11 is 3.30. The van der Waals surface area contributed by atoms with E-state index >= 15 is 0 Å². The van der Waals surface area contributed by atoms with Crippen LogP contribution in [0.2, 0.25) is 0 Å². The Morgan fingerprint density at radius 2 is 1.97 bits per heavy atom. The van der Waals surface area contributed by atoms with Gasteiger partial charge in [0.25, 0.3) is 5.91 Å². The molecule has 8 heteroatoms. The van der Waals surface area contributed by atoms with Crippen LogP contribution < -0.4 is 15.4 Å². The van der Waals surface area contributed by atoms with E-state index in [1.54, 1.807) is 62.0 Å². The standard InChI is InChI=1S/C23H18BrN3O4/c1-30-18-6-7-19-15(13-31-20(19)11-18)10-22(28)26-17-4-2-3-14(9-17)23(29)27-21-8-5-16(24)12-25-21/h2-9,11-13H,10H2,1H3,(H,26,28)(H,25,27,29). The number of hydrogen-bond donors (Lipinski definition) is 2. The van der Waals surface area contributed by atoms with Crippen LogP contribution in [0.15, 0.2) is 75.9 Å². The summed E-state index contributed by atoms with van der Waals surface area (Å²) in [5.74, 6) is 0.587. The van der Waals surface area contributed by atoms with E-state index in [-0.39, 0.29) is 18.2 Å². The van der Waals surface area contributed by atoms with Gasteiger partial charge in [0.1, 0.15) is 17.2 Å². The summed E-state index contributed by atoms with van der Waals surface area (Å²) in [7, 11) is 1.59. The van der Waals surface area contributed by atoms with E-state index in [1.165, 1.54) is 0 Å². The number of hydrogen-bond acceptors (Lipinski definition) is 5. The fourth-order valence-electron chi connectivity index (χ4n) is 3.08. The molecule has 4 rings (SSSR count). The van der Waals surface area contributed by atoms with Crippen molar-refractivity contribution in [1.29, 1.82) is 0 Å². The number of aromatic nitrogens is 1. The second-order valence-electron chi connectivity index (χ2n) is 6.74. The van der Waals surface area contributed by atoms with Crippen LogP contribution in [0.25, 0.3) is 11.0 Å². The van der Waals surface area contributed by atoms with Gasteiger partial charge < -0.3 is 19.8 Å². The van der Waals surface area contributed by atoms with Crippen LogP contribution in [0.1, 0.15) is 15.9 Å². The molecule has 4 aromatic rings. The second-order valence-corrected chi connectivity index (χ2v) is 7.66. The molecule has 0 aliphatic carbocycles. The van der Waals surface area contributed by atoms with Gasteiger partial charge in [0.15, 0.2) is 0 Å². The van der Waals surface area contributed by atoms with Gasteiger partial charge in [-0.25, -0.2) is 4.98 Å². The fourth-order valence-corrected chi connectivity index (χ4v) is 3.32. The molecule has 0 saturated heterocycles. The average Bonchev–Trinajstić information content (AvgIpc) is 3.17. The Balaban J connectivity index is 1.43. The molecule has 2 aromatic heterocycles. The highest BCUT2D eigenvalue weighted by atomic mass is 79.9. The quantitative estimate of drug-likeness (QED) is 0.404. The minimum absolute atomic E-state index is 0.137. The summed E-state index contributed by atoms with van der Waals surface area (Å²) in [6, 6.07) is 15.7. The van der Waals surface area contributed by atoms with E-state index in [2.05, 4.69) is 31.5 Å². The number of halogens is 1. The van der Waals surface area contributed by atoms with E-state index in [1.807, 2.05) is 12.1 Å². The van der Waals surface area contributed by atoms with Gasteiger partial charge in [-0.15, -0.1) is 0 Å². The summed E-state index contributed by atoms with van der Waals surface area (Å²) in [4.78, 5) is 29.2. The van der Waals surface area contributed by atoms with Gasteiger partial charge in [-0.2, -0.15) is 0 Å². The van der Waals surface area contributed by atoms with E-state index in [9.17, 15) is 9.59 Å². The lowest BCUT2D eigenvalue weighted by atomic mass is 10.1. The van der Waals surface area contributed by atoms with Gasteiger partial charge in [0, 0.05) is 38.9 Å². The lowest BCUT2D eigenvalue weighted by molar-refractivity contribution is -0.115. The van der Waals surface area contributed by atoms with Crippen LogP contribution in [0.3, 0.4) is 0 Å². The second kappa shape index (κ2) is 9.01. The van der Waals surface area contributed by atoms with Crippen molar-refractivity contribution < 1.29 is 18.7 Å². The lowest BCUT2D eigenvalue weighted by Crippen LogP contribution is -2.16. The van der Waals surface area contributed by atoms with Crippen molar-refractivity contribution in [2.45, 2.75) is 6.42 Å². The predicted octanol–water partition coefficient (Wildman–Crippen LogP) is 5.03. The molecule has 2 heterocycles. The summed E-state index contributed by atoms with van der Waals surface area (Å²) < 4.78 is 11.5. The molecule has 0 fully saturated rings. The molecule has 7 nitrogen and oxygen atoms in total. The molecular formula is C23H18BrN3O4. The highest BCUT2D eigenvalue weighted by Crippen LogP contribution is 2.26. The number of carbonyl (C=O) groups is 2. The zero-order valence-corrected chi connectivity index (χ0v) is 18.1. The first-order chi connectivity index (χ1) is 15.0. The van der Waals surface area contributed by atoms with Crippen molar-refractivity contribution in [2.24, 2.45) is 0 Å². The normalized spacial score (nSPS) is 10.6. The number of fused-ring (bicyclic) bond motifs is 1. The number of ether oxygens (including phenoxy) is 1. The number of rotatable bonds is 6. The Bertz CT molecular complexity index is 1250. The lowest BCUT2D eigenvalue weighted by Gasteiger charge is -2.08. The molecule has 0 aliphatic rings. The molecule has 0 bridgehead atoms. The average molecular weight is 480 g/mol. The van der Waals surface area contributed by atoms with E-state index in [0.717, 1.165) is 15.4 Å². The van der Waals surface area contributed by atoms with Crippen molar-refractivity contribution in [3.05, 3.63) is 82.7 Å². The molecule has 156 valence electrons. The van der Waals surface area contributed by atoms with Gasteiger partial charge >= 0.3 is 0 Å². The molecule has 0 unspecified atom stereocenters. The maximum Gasteiger partial charge on any atom is 0.256 e. The van der Waals surface area contributed by atoms with Crippen molar-refractivity contribution >= 4 is 50.2 Å². The third kappa shape index (κ3) is 4.92. The Kier molecular flexibility index (Phi) is 5.99. The van der Waals surface area contributed by atoms with Crippen LogP contribution in [0.5, 0.6) is 5.75 Å². The van der Waals surface area contributed by atoms with Crippen molar-refractivity contribution in [3.8, 4) is 5.75 Å². The van der Waals surface area contributed by atoms with Gasteiger partial charge in [-0.05, 0) is 58.4 Å². The first kappa shape index (κ1) is 20.6. The maximum absolute atomic E-state index is 12.6. The Labute approximate surface area is 186 Å². The number of pyridine rings is 1. The minimum atomic E-state index is -0.319. The van der Waals surface area contributed by atoms with Gasteiger partial charge in [0.05, 0.1) is 19.8 Å². The number of amides is 2. The first-order valence-corrected chi connectivity index (χ1v) is 10.2. The van der Waals surface area contributed by atoms with E-state index in [4.69, 9.17) is 9.15 Å². The van der Waals surface area contributed by atoms with Crippen molar-refractivity contribution in [3.63, 3.8) is 0 Å². The van der Waals surface area contributed by atoms with Crippen LogP contribution >= 0.6 is 15.9 Å². The van der Waals surface area contributed by atoms with Gasteiger partial charge in [-0.1, -0.05) is 6.07 Å². The van der Waals surface area contributed by atoms with Crippen LogP contribution in [0, 0.1) is 0 Å². The molecule has 0 spiro atoms. The highest BCUT2D eigenvalue weighted by molar-refractivity contribution is 9.10. The van der Waals surface area contributed by atoms with Gasteiger partial charge in [0.2, 0.25) is 5.91 Å². The molecule has 0 atom stereocenters. The number of furan rings is 1. The molecule has 31 heavy (non-hydrogen) atoms. The third-order valence-electron chi connectivity index (χ3n) is 4.59. The van der Waals surface area contributed by atoms with E-state index < -0.39 is 0 Å². The topological polar surface area (TPSA) is 93.5 Å². The van der Waals surface area contributed by atoms with Crippen LogP contribution in [0.4, 0.5) is 11.5 Å². The largest absolute Gasteiger partial charge is 0.497 e. The summed E-state index contributed by atoms with van der Waals surface area (Å²) in [5.41, 5.74) is 2.35. The number of carbonyl (C=O) groups excluding carboxylic acids is 2. The molecule has 0 saturated carbocycles. The maximum atomic E-state index is 12.6. The predicted molar refractivity (Wildman–Crippen MR) is 121 cm³/mol. The Morgan fingerprint density at radius 1 is 1.10 bits per heavy atom. The molecule has 2 amide bonds. The summed E-state index contributed by atoms with van der Waals surface area (Å²) in [6.07, 6.45) is 3.30. The number of nitrogens with zero attached hydrogens (tertiary/aromatic N) is 1. The molecular weight excluding hydrogens is 462 g/mol. The van der Waals surface area contributed by atoms with Crippen LogP contribution in [-0.4, -0.2) is 23.9 Å². The van der Waals surface area contributed by atoms with Gasteiger partial charge in [-0.3, -0.25) is 9.59 Å². The van der Waals surface area contributed by atoms with Crippen molar-refractivity contribution in [2.75, 3.05) is 17.7 Å². The molecule has 2 N–H and O–H groups in total. The van der Waals surface area contributed by atoms with Crippen LogP contribution in [-0.2, 0) is 11.2 Å². The zero-order chi connectivity index (χ0) is 21.8. The summed E-state index contributed by atoms with van der Waals surface area (Å²) in [6.45, 7) is 0. The van der Waals surface area contributed by atoms with Crippen molar-refractivity contribution in [1.82, 2.24) is 4.98 Å². The molecule has 0 radical (unpaired) electrons. The third-order valence-corrected chi connectivity index (χ3v) is 5.06. The number of nitrogens with one attached hydrogen (secondary N) is 2. The number of anilines is 2. The number of methoxy groups -OCH3 is 1. The Morgan fingerprint density at radius 3 is 2.74 bits per heavy atom. The smallest absolute Gasteiger partial charge is 0.256 e. The SMILES string of the molecule is COc1ccc2c(CC(=O)Nc3cccc(C(=O)Nc4ccc(Br)cn4)c3)coc2c1. The molecule has 2 aromatic carbocycles. The summed E-state index contributed by atoms with van der Waals surface area (Å²) in [5, 5.41) is 6.41. The fraction of sp³-hybridized carbons (Fsp3) is 0.0870. The highest BCUT2D eigenvalue weighted by Gasteiger charge is 2.13. The molecule has 0 aliphatic heterocycles. The number of benzene rings is 2. The minimum Gasteiger partial charge on any atom is -0.497 e. The van der Waals surface area contributed by atoms with E-state index in [0.29, 0.717) is 28.4 Å². The zero-order valence-electron chi connectivity index (χ0n) is 16.5. The first-order valence-electron chi connectivity index (χ1n) is 9.39. The monoisotopic (exact) mass is 479 g/mol. The Hall–Kier alpha value is -3.65.